The number of nitrogens with one attached hydrogen (secondary N) is 1. The molecule has 1 N–H and O–H groups in total. The third-order valence-corrected chi connectivity index (χ3v) is 3.47. The van der Waals surface area contributed by atoms with Gasteiger partial charge >= 0.3 is 0 Å². The molecule has 0 radical (unpaired) electrons. The van der Waals surface area contributed by atoms with Crippen molar-refractivity contribution in [2.45, 2.75) is 13.1 Å². The molecule has 1 aromatic rings. The fourth-order valence-electron chi connectivity index (χ4n) is 2.21. The fraction of sp³-hybridized carbons (Fsp3) is 0.174. The molecule has 0 aliphatic rings. The summed E-state index contributed by atoms with van der Waals surface area (Å²) in [7, 11) is 1.89. The monoisotopic (exact) mass is 363 g/mol. The van der Waals surface area contributed by atoms with E-state index in [0.717, 1.165) is 16.8 Å². The highest BCUT2D eigenvalue weighted by Crippen LogP contribution is 2.17. The fourth-order valence-corrected chi connectivity index (χ4v) is 2.21. The van der Waals surface area contributed by atoms with E-state index >= 15 is 0 Å². The highest BCUT2D eigenvalue weighted by Gasteiger charge is 2.10. The van der Waals surface area contributed by atoms with Crippen molar-refractivity contribution in [3.05, 3.63) is 110 Å². The topological polar surface area (TPSA) is 39.1 Å². The van der Waals surface area contributed by atoms with Gasteiger partial charge in [-0.05, 0) is 18.2 Å². The maximum Gasteiger partial charge on any atom is 0.212 e. The molecule has 4 nitrogen and oxygen atoms in total. The van der Waals surface area contributed by atoms with E-state index in [1.807, 2.05) is 54.3 Å². The van der Waals surface area contributed by atoms with E-state index in [1.165, 1.54) is 0 Å². The van der Waals surface area contributed by atoms with Crippen LogP contribution in [0.4, 0.5) is 0 Å². The van der Waals surface area contributed by atoms with Gasteiger partial charge in [-0.3, -0.25) is 0 Å². The standard InChI is InChI=1S/C23H29N3O/c1-6-10-12-15-20(9-4)19-27-23-16-22(17-24-5)25-26(23)18-21(13-8-3)14-11-7-2/h6-16,24H,1-4,17-19H2,5H3/b12-10-,14-11-,20-15+,21-13+. The Morgan fingerprint density at radius 3 is 2.48 bits per heavy atom. The lowest BCUT2D eigenvalue weighted by Crippen LogP contribution is -2.09. The minimum absolute atomic E-state index is 0.401. The van der Waals surface area contributed by atoms with Gasteiger partial charge in [0.15, 0.2) is 0 Å². The third-order valence-electron chi connectivity index (χ3n) is 3.47. The second-order valence-electron chi connectivity index (χ2n) is 5.59. The van der Waals surface area contributed by atoms with Crippen molar-refractivity contribution in [1.29, 1.82) is 0 Å². The summed E-state index contributed by atoms with van der Waals surface area (Å²) in [6.45, 7) is 16.6. The van der Waals surface area contributed by atoms with Crippen LogP contribution in [0.1, 0.15) is 5.69 Å². The van der Waals surface area contributed by atoms with Crippen molar-refractivity contribution in [3.63, 3.8) is 0 Å². The Labute approximate surface area is 162 Å². The molecule has 0 unspecified atom stereocenters. The normalized spacial score (nSPS) is 12.5. The van der Waals surface area contributed by atoms with Crippen LogP contribution in [0.25, 0.3) is 0 Å². The number of allylic oxidation sites excluding steroid dienone is 10. The van der Waals surface area contributed by atoms with Gasteiger partial charge in [-0.2, -0.15) is 5.10 Å². The largest absolute Gasteiger partial charge is 0.473 e. The van der Waals surface area contributed by atoms with E-state index in [0.29, 0.717) is 25.6 Å². The Bertz CT molecular complexity index is 761. The van der Waals surface area contributed by atoms with Crippen LogP contribution in [0, 0.1) is 0 Å². The van der Waals surface area contributed by atoms with Crippen LogP contribution < -0.4 is 10.1 Å². The zero-order valence-corrected chi connectivity index (χ0v) is 16.1. The molecular formula is C23H29N3O. The minimum Gasteiger partial charge on any atom is -0.473 e. The molecule has 1 rings (SSSR count). The van der Waals surface area contributed by atoms with Crippen LogP contribution in [0.15, 0.2) is 104 Å². The zero-order chi connectivity index (χ0) is 19.9. The molecule has 0 fully saturated rings. The van der Waals surface area contributed by atoms with E-state index in [4.69, 9.17) is 4.74 Å². The van der Waals surface area contributed by atoms with E-state index in [2.05, 4.69) is 36.7 Å². The predicted molar refractivity (Wildman–Crippen MR) is 116 cm³/mol. The molecule has 0 aliphatic heterocycles. The summed E-state index contributed by atoms with van der Waals surface area (Å²) in [5, 5.41) is 7.74. The Kier molecular flexibility index (Phi) is 10.7. The zero-order valence-electron chi connectivity index (χ0n) is 16.1. The molecular weight excluding hydrogens is 334 g/mol. The maximum absolute atomic E-state index is 6.01. The van der Waals surface area contributed by atoms with E-state index in [-0.39, 0.29) is 0 Å². The van der Waals surface area contributed by atoms with Gasteiger partial charge in [0.2, 0.25) is 5.88 Å². The quantitative estimate of drug-likeness (QED) is 0.517. The second-order valence-corrected chi connectivity index (χ2v) is 5.59. The first-order chi connectivity index (χ1) is 13.2. The summed E-state index contributed by atoms with van der Waals surface area (Å²) in [6, 6.07) is 1.94. The molecule has 0 aliphatic carbocycles. The molecule has 1 heterocycles. The Hall–Kier alpha value is -3.11. The highest BCUT2D eigenvalue weighted by atomic mass is 16.5. The predicted octanol–water partition coefficient (Wildman–Crippen LogP) is 4.69. The van der Waals surface area contributed by atoms with Crippen molar-refractivity contribution in [1.82, 2.24) is 15.1 Å². The summed E-state index contributed by atoms with van der Waals surface area (Å²) in [5.41, 5.74) is 2.92. The van der Waals surface area contributed by atoms with Gasteiger partial charge in [-0.15, -0.1) is 0 Å². The number of nitrogens with zero attached hydrogens (tertiary/aromatic N) is 2. The molecule has 0 saturated heterocycles. The number of ether oxygens (including phenoxy) is 1. The number of hydrogen-bond donors (Lipinski definition) is 1. The molecule has 142 valence electrons. The molecule has 0 aromatic carbocycles. The molecule has 4 heteroatoms. The average Bonchev–Trinajstić information content (AvgIpc) is 3.04. The van der Waals surface area contributed by atoms with Gasteiger partial charge in [-0.25, -0.2) is 4.68 Å². The lowest BCUT2D eigenvalue weighted by Gasteiger charge is -2.10. The Morgan fingerprint density at radius 2 is 1.85 bits per heavy atom. The molecule has 0 bridgehead atoms. The summed E-state index contributed by atoms with van der Waals surface area (Å²) < 4.78 is 7.85. The summed E-state index contributed by atoms with van der Waals surface area (Å²) >= 11 is 0. The first-order valence-corrected chi connectivity index (χ1v) is 8.74. The lowest BCUT2D eigenvalue weighted by atomic mass is 10.2. The van der Waals surface area contributed by atoms with Crippen molar-refractivity contribution >= 4 is 0 Å². The van der Waals surface area contributed by atoms with Crippen LogP contribution in [0.3, 0.4) is 0 Å². The van der Waals surface area contributed by atoms with Crippen LogP contribution >= 0.6 is 0 Å². The Balaban J connectivity index is 3.03. The van der Waals surface area contributed by atoms with Gasteiger partial charge in [-0.1, -0.05) is 87.1 Å². The molecule has 0 amide bonds. The van der Waals surface area contributed by atoms with Crippen LogP contribution in [-0.2, 0) is 13.1 Å². The first-order valence-electron chi connectivity index (χ1n) is 8.74. The van der Waals surface area contributed by atoms with Gasteiger partial charge in [0.1, 0.15) is 6.61 Å². The summed E-state index contributed by atoms with van der Waals surface area (Å²) in [5.74, 6) is 0.697. The van der Waals surface area contributed by atoms with Gasteiger partial charge in [0.05, 0.1) is 12.2 Å². The number of hydrogen-bond acceptors (Lipinski definition) is 3. The van der Waals surface area contributed by atoms with Crippen molar-refractivity contribution in [3.8, 4) is 5.88 Å². The lowest BCUT2D eigenvalue weighted by molar-refractivity contribution is 0.318. The van der Waals surface area contributed by atoms with E-state index in [9.17, 15) is 0 Å². The Morgan fingerprint density at radius 1 is 1.07 bits per heavy atom. The van der Waals surface area contributed by atoms with Crippen molar-refractivity contribution in [2.75, 3.05) is 13.7 Å². The summed E-state index contributed by atoms with van der Waals surface area (Å²) in [6.07, 6.45) is 18.5. The molecule has 1 aromatic heterocycles. The average molecular weight is 364 g/mol. The SMILES string of the molecule is C=C/C=C\C=C(/C=C)COc1cc(CNC)nn1CC(/C=C\C=C)=C/C=C. The van der Waals surface area contributed by atoms with Crippen LogP contribution in [-0.4, -0.2) is 23.4 Å². The third kappa shape index (κ3) is 8.21. The minimum atomic E-state index is 0.401. The molecule has 27 heavy (non-hydrogen) atoms. The van der Waals surface area contributed by atoms with E-state index in [1.54, 1.807) is 24.3 Å². The van der Waals surface area contributed by atoms with Crippen LogP contribution in [0.5, 0.6) is 5.88 Å². The molecule has 0 spiro atoms. The number of rotatable bonds is 13. The second kappa shape index (κ2) is 13.1. The van der Waals surface area contributed by atoms with Crippen molar-refractivity contribution < 1.29 is 4.74 Å². The summed E-state index contributed by atoms with van der Waals surface area (Å²) in [4.78, 5) is 0. The van der Waals surface area contributed by atoms with E-state index < -0.39 is 0 Å². The molecule has 0 atom stereocenters. The highest BCUT2D eigenvalue weighted by molar-refractivity contribution is 5.28. The maximum atomic E-state index is 6.01. The number of aromatic nitrogens is 2. The molecule has 0 saturated carbocycles. The van der Waals surface area contributed by atoms with Crippen molar-refractivity contribution in [2.24, 2.45) is 0 Å². The van der Waals surface area contributed by atoms with Gasteiger partial charge in [0.25, 0.3) is 0 Å². The first kappa shape index (κ1) is 21.9. The van der Waals surface area contributed by atoms with Gasteiger partial charge < -0.3 is 10.1 Å². The van der Waals surface area contributed by atoms with Crippen LogP contribution in [0.2, 0.25) is 0 Å². The smallest absolute Gasteiger partial charge is 0.212 e. The van der Waals surface area contributed by atoms with Gasteiger partial charge in [0, 0.05) is 12.6 Å².